The maximum atomic E-state index is 13.5. The van der Waals surface area contributed by atoms with Crippen molar-refractivity contribution in [2.75, 3.05) is 14.1 Å². The lowest BCUT2D eigenvalue weighted by molar-refractivity contribution is -0.123. The summed E-state index contributed by atoms with van der Waals surface area (Å²) in [5.41, 5.74) is 0.543. The molecule has 25 heavy (non-hydrogen) atoms. The fourth-order valence-electron chi connectivity index (χ4n) is 3.23. The Morgan fingerprint density at radius 1 is 0.960 bits per heavy atom. The van der Waals surface area contributed by atoms with Gasteiger partial charge in [0.15, 0.2) is 0 Å². The Morgan fingerprint density at radius 2 is 1.36 bits per heavy atom. The van der Waals surface area contributed by atoms with Gasteiger partial charge in [-0.25, -0.2) is 8.78 Å². The van der Waals surface area contributed by atoms with E-state index in [1.165, 1.54) is 24.3 Å². The zero-order valence-corrected chi connectivity index (χ0v) is 15.2. The summed E-state index contributed by atoms with van der Waals surface area (Å²) in [5.74, 6) is -0.651. The highest BCUT2D eigenvalue weighted by molar-refractivity contribution is 5.93. The van der Waals surface area contributed by atoms with Crippen molar-refractivity contribution in [3.8, 4) is 0 Å². The topological polar surface area (TPSA) is 20.3 Å². The van der Waals surface area contributed by atoms with Gasteiger partial charge in [0.05, 0.1) is 5.41 Å². The van der Waals surface area contributed by atoms with Gasteiger partial charge in [-0.2, -0.15) is 0 Å². The highest BCUT2D eigenvalue weighted by atomic mass is 19.1. The summed E-state index contributed by atoms with van der Waals surface area (Å²) in [6.45, 7) is 3.87. The maximum absolute atomic E-state index is 13.5. The minimum absolute atomic E-state index is 0.0411. The Labute approximate surface area is 148 Å². The van der Waals surface area contributed by atoms with Crippen LogP contribution in [0, 0.1) is 11.6 Å². The predicted molar refractivity (Wildman–Crippen MR) is 96.6 cm³/mol. The van der Waals surface area contributed by atoms with Crippen molar-refractivity contribution < 1.29 is 13.6 Å². The van der Waals surface area contributed by atoms with E-state index in [2.05, 4.69) is 0 Å². The predicted octanol–water partition coefficient (Wildman–Crippen LogP) is 4.57. The summed E-state index contributed by atoms with van der Waals surface area (Å²) < 4.78 is 26.9. The third-order valence-electron chi connectivity index (χ3n) is 4.95. The highest BCUT2D eigenvalue weighted by Crippen LogP contribution is 2.39. The molecular formula is C21H25F2NO. The third kappa shape index (κ3) is 3.96. The number of hydrogen-bond donors (Lipinski definition) is 0. The van der Waals surface area contributed by atoms with Gasteiger partial charge in [0, 0.05) is 12.5 Å². The fraction of sp³-hybridized carbons (Fsp3) is 0.381. The van der Waals surface area contributed by atoms with Crippen molar-refractivity contribution in [1.82, 2.24) is 4.90 Å². The van der Waals surface area contributed by atoms with Crippen LogP contribution in [-0.2, 0) is 10.2 Å². The number of carbonyl (C=O) groups excluding carboxylic acids is 1. The average Bonchev–Trinajstić information content (AvgIpc) is 2.60. The molecule has 2 aromatic carbocycles. The molecule has 0 fully saturated rings. The van der Waals surface area contributed by atoms with Gasteiger partial charge in [0.2, 0.25) is 0 Å². The molecule has 4 heteroatoms. The van der Waals surface area contributed by atoms with Crippen LogP contribution >= 0.6 is 0 Å². The van der Waals surface area contributed by atoms with Crippen molar-refractivity contribution in [3.63, 3.8) is 0 Å². The lowest BCUT2D eigenvalue weighted by Crippen LogP contribution is -2.43. The van der Waals surface area contributed by atoms with Crippen LogP contribution in [0.2, 0.25) is 0 Å². The Bertz CT molecular complexity index is 662. The van der Waals surface area contributed by atoms with E-state index >= 15 is 0 Å². The molecule has 2 rings (SSSR count). The molecule has 0 aliphatic rings. The van der Waals surface area contributed by atoms with E-state index in [0.29, 0.717) is 12.8 Å². The third-order valence-corrected chi connectivity index (χ3v) is 4.95. The summed E-state index contributed by atoms with van der Waals surface area (Å²) in [6, 6.07) is 12.2. The first-order valence-electron chi connectivity index (χ1n) is 8.53. The van der Waals surface area contributed by atoms with Crippen LogP contribution < -0.4 is 0 Å². The van der Waals surface area contributed by atoms with Crippen molar-refractivity contribution in [2.24, 2.45) is 0 Å². The lowest BCUT2D eigenvalue weighted by Gasteiger charge is -2.37. The molecule has 0 N–H and O–H groups in total. The molecule has 0 saturated carbocycles. The van der Waals surface area contributed by atoms with E-state index in [9.17, 15) is 13.6 Å². The molecule has 134 valence electrons. The van der Waals surface area contributed by atoms with Gasteiger partial charge < -0.3 is 4.90 Å². The molecule has 0 spiro atoms. The molecule has 0 bridgehead atoms. The van der Waals surface area contributed by atoms with E-state index in [0.717, 1.165) is 11.1 Å². The first kappa shape index (κ1) is 19.3. The van der Waals surface area contributed by atoms with Crippen molar-refractivity contribution in [1.29, 1.82) is 0 Å². The number of carbonyl (C=O) groups is 1. The summed E-state index contributed by atoms with van der Waals surface area (Å²) in [6.07, 6.45) is 0.874. The molecule has 0 saturated heterocycles. The maximum Gasteiger partial charge on any atom is 0.147 e. The number of benzene rings is 2. The van der Waals surface area contributed by atoms with Gasteiger partial charge in [-0.05, 0) is 62.8 Å². The summed E-state index contributed by atoms with van der Waals surface area (Å²) in [4.78, 5) is 15.2. The van der Waals surface area contributed by atoms with Crippen LogP contribution in [0.15, 0.2) is 48.5 Å². The zero-order chi connectivity index (χ0) is 18.6. The van der Waals surface area contributed by atoms with E-state index in [4.69, 9.17) is 0 Å². The average molecular weight is 345 g/mol. The second kappa shape index (κ2) is 7.87. The molecule has 0 radical (unpaired) electrons. The Kier molecular flexibility index (Phi) is 6.07. The molecule has 1 atom stereocenters. The molecule has 0 amide bonds. The Hall–Kier alpha value is -2.07. The van der Waals surface area contributed by atoms with Crippen LogP contribution in [0.1, 0.15) is 37.8 Å². The molecule has 0 aromatic heterocycles. The molecular weight excluding hydrogens is 320 g/mol. The van der Waals surface area contributed by atoms with Gasteiger partial charge in [0.1, 0.15) is 17.4 Å². The van der Waals surface area contributed by atoms with Crippen LogP contribution in [0.25, 0.3) is 0 Å². The minimum atomic E-state index is -0.931. The molecule has 2 aromatic rings. The first-order valence-corrected chi connectivity index (χ1v) is 8.53. The minimum Gasteiger partial charge on any atom is -0.307 e. The second-order valence-electron chi connectivity index (χ2n) is 6.71. The standard InChI is InChI=1S/C21H25F2NO/c1-5-20(25)21(14-15(2)24(3)4,16-6-10-18(22)11-7-16)17-8-12-19(23)13-9-17/h6-13,15H,5,14H2,1-4H3. The van der Waals surface area contributed by atoms with Gasteiger partial charge in [-0.15, -0.1) is 0 Å². The van der Waals surface area contributed by atoms with Crippen LogP contribution in [0.4, 0.5) is 8.78 Å². The van der Waals surface area contributed by atoms with E-state index in [-0.39, 0.29) is 23.5 Å². The van der Waals surface area contributed by atoms with Crippen molar-refractivity contribution in [3.05, 3.63) is 71.3 Å². The molecule has 0 heterocycles. The largest absolute Gasteiger partial charge is 0.307 e. The Balaban J connectivity index is 2.70. The highest BCUT2D eigenvalue weighted by Gasteiger charge is 2.42. The lowest BCUT2D eigenvalue weighted by atomic mass is 9.67. The number of halogens is 2. The number of rotatable bonds is 7. The SMILES string of the molecule is CCC(=O)C(CC(C)N(C)C)(c1ccc(F)cc1)c1ccc(F)cc1. The molecule has 1 unspecified atom stereocenters. The monoisotopic (exact) mass is 345 g/mol. The molecule has 0 aliphatic heterocycles. The molecule has 0 aliphatic carbocycles. The van der Waals surface area contributed by atoms with Crippen molar-refractivity contribution in [2.45, 2.75) is 38.1 Å². The van der Waals surface area contributed by atoms with E-state index in [1.807, 2.05) is 32.8 Å². The smallest absolute Gasteiger partial charge is 0.147 e. The van der Waals surface area contributed by atoms with Crippen molar-refractivity contribution >= 4 is 5.78 Å². The van der Waals surface area contributed by atoms with Crippen LogP contribution in [-0.4, -0.2) is 30.8 Å². The number of Topliss-reactive ketones (excluding diaryl/α,β-unsaturated/α-hetero) is 1. The van der Waals surface area contributed by atoms with Crippen LogP contribution in [0.3, 0.4) is 0 Å². The van der Waals surface area contributed by atoms with Gasteiger partial charge in [0.25, 0.3) is 0 Å². The van der Waals surface area contributed by atoms with E-state index in [1.54, 1.807) is 24.3 Å². The fourth-order valence-corrected chi connectivity index (χ4v) is 3.23. The second-order valence-corrected chi connectivity index (χ2v) is 6.71. The Morgan fingerprint density at radius 3 is 1.68 bits per heavy atom. The van der Waals surface area contributed by atoms with Gasteiger partial charge in [-0.1, -0.05) is 31.2 Å². The first-order chi connectivity index (χ1) is 11.8. The van der Waals surface area contributed by atoms with Gasteiger partial charge in [-0.3, -0.25) is 4.79 Å². The number of hydrogen-bond acceptors (Lipinski definition) is 2. The summed E-state index contributed by atoms with van der Waals surface area (Å²) in [7, 11) is 3.92. The number of ketones is 1. The molecule has 2 nitrogen and oxygen atoms in total. The number of nitrogens with zero attached hydrogens (tertiary/aromatic N) is 1. The van der Waals surface area contributed by atoms with E-state index < -0.39 is 5.41 Å². The summed E-state index contributed by atoms with van der Waals surface area (Å²) >= 11 is 0. The quantitative estimate of drug-likeness (QED) is 0.733. The zero-order valence-electron chi connectivity index (χ0n) is 15.2. The van der Waals surface area contributed by atoms with Gasteiger partial charge >= 0.3 is 0 Å². The van der Waals surface area contributed by atoms with Crippen LogP contribution in [0.5, 0.6) is 0 Å². The normalized spacial score (nSPS) is 13.1. The summed E-state index contributed by atoms with van der Waals surface area (Å²) in [5, 5.41) is 0.